The van der Waals surface area contributed by atoms with Crippen LogP contribution >= 0.6 is 27.3 Å². The van der Waals surface area contributed by atoms with E-state index in [1.165, 1.54) is 15.8 Å². The lowest BCUT2D eigenvalue weighted by molar-refractivity contribution is 0.0529. The van der Waals surface area contributed by atoms with Gasteiger partial charge in [-0.1, -0.05) is 41.0 Å². The van der Waals surface area contributed by atoms with Gasteiger partial charge in [0.05, 0.1) is 0 Å². The van der Waals surface area contributed by atoms with E-state index in [1.807, 2.05) is 11.3 Å². The summed E-state index contributed by atoms with van der Waals surface area (Å²) in [4.78, 5) is 4.16. The number of thiophene rings is 1. The number of rotatable bonds is 4. The summed E-state index contributed by atoms with van der Waals surface area (Å²) in [6, 6.07) is 3.38. The molecule has 1 aliphatic heterocycles. The second-order valence-electron chi connectivity index (χ2n) is 7.40. The van der Waals surface area contributed by atoms with Gasteiger partial charge in [-0.15, -0.1) is 11.3 Å². The SMILES string of the molecule is CCC(C)C1CNC(C(C)(C)C)CN1Cc1sccc1Br. The highest BCUT2D eigenvalue weighted by atomic mass is 79.9. The van der Waals surface area contributed by atoms with Gasteiger partial charge in [-0.3, -0.25) is 4.90 Å². The summed E-state index contributed by atoms with van der Waals surface area (Å²) in [5.74, 6) is 0.733. The largest absolute Gasteiger partial charge is 0.311 e. The highest BCUT2D eigenvalue weighted by molar-refractivity contribution is 9.10. The van der Waals surface area contributed by atoms with Crippen molar-refractivity contribution in [1.29, 1.82) is 0 Å². The van der Waals surface area contributed by atoms with Gasteiger partial charge >= 0.3 is 0 Å². The van der Waals surface area contributed by atoms with Gasteiger partial charge in [-0.05, 0) is 38.7 Å². The molecule has 2 rings (SSSR count). The lowest BCUT2D eigenvalue weighted by atomic mass is 9.83. The minimum absolute atomic E-state index is 0.311. The van der Waals surface area contributed by atoms with E-state index >= 15 is 0 Å². The molecule has 0 radical (unpaired) electrons. The molecule has 120 valence electrons. The van der Waals surface area contributed by atoms with Crippen LogP contribution in [0.1, 0.15) is 45.9 Å². The summed E-state index contributed by atoms with van der Waals surface area (Å²) in [5.41, 5.74) is 0.311. The molecular weight excluding hydrogens is 344 g/mol. The third-order valence-electron chi connectivity index (χ3n) is 4.84. The molecule has 1 aliphatic rings. The van der Waals surface area contributed by atoms with E-state index in [2.05, 4.69) is 72.2 Å². The van der Waals surface area contributed by atoms with Crippen molar-refractivity contribution in [2.45, 2.75) is 59.7 Å². The fourth-order valence-electron chi connectivity index (χ4n) is 3.04. The average molecular weight is 373 g/mol. The van der Waals surface area contributed by atoms with Crippen molar-refractivity contribution in [3.05, 3.63) is 20.8 Å². The molecule has 3 atom stereocenters. The van der Waals surface area contributed by atoms with E-state index in [0.29, 0.717) is 17.5 Å². The Bertz CT molecular complexity index is 452. The average Bonchev–Trinajstić information content (AvgIpc) is 2.82. The maximum atomic E-state index is 3.80. The fraction of sp³-hybridized carbons (Fsp3) is 0.765. The van der Waals surface area contributed by atoms with Crippen LogP contribution in [0, 0.1) is 11.3 Å². The summed E-state index contributed by atoms with van der Waals surface area (Å²) >= 11 is 5.55. The molecule has 1 aromatic rings. The van der Waals surface area contributed by atoms with Crippen molar-refractivity contribution in [2.24, 2.45) is 11.3 Å². The Labute approximate surface area is 142 Å². The molecule has 4 heteroatoms. The summed E-state index contributed by atoms with van der Waals surface area (Å²) in [5, 5.41) is 5.98. The molecule has 1 fully saturated rings. The van der Waals surface area contributed by atoms with Gasteiger partial charge in [-0.25, -0.2) is 0 Å². The van der Waals surface area contributed by atoms with Crippen LogP contribution in [0.2, 0.25) is 0 Å². The molecular formula is C17H29BrN2S. The molecule has 0 amide bonds. The molecule has 3 unspecified atom stereocenters. The molecule has 2 heterocycles. The smallest absolute Gasteiger partial charge is 0.0343 e. The first-order valence-corrected chi connectivity index (χ1v) is 9.69. The van der Waals surface area contributed by atoms with E-state index in [1.54, 1.807) is 0 Å². The molecule has 0 spiro atoms. The van der Waals surface area contributed by atoms with Crippen molar-refractivity contribution < 1.29 is 0 Å². The maximum absolute atomic E-state index is 3.80. The van der Waals surface area contributed by atoms with Crippen LogP contribution in [0.15, 0.2) is 15.9 Å². The third-order valence-corrected chi connectivity index (χ3v) is 6.75. The van der Waals surface area contributed by atoms with Crippen LogP contribution in [-0.4, -0.2) is 30.1 Å². The van der Waals surface area contributed by atoms with Crippen LogP contribution in [0.4, 0.5) is 0 Å². The first kappa shape index (κ1) is 17.5. The van der Waals surface area contributed by atoms with E-state index in [0.717, 1.165) is 25.6 Å². The Morgan fingerprint density at radius 2 is 2.19 bits per heavy atom. The van der Waals surface area contributed by atoms with E-state index < -0.39 is 0 Å². The van der Waals surface area contributed by atoms with Gasteiger partial charge in [0.25, 0.3) is 0 Å². The third kappa shape index (κ3) is 4.31. The van der Waals surface area contributed by atoms with Crippen molar-refractivity contribution in [3.63, 3.8) is 0 Å². The van der Waals surface area contributed by atoms with Gasteiger partial charge in [-0.2, -0.15) is 0 Å². The van der Waals surface area contributed by atoms with Crippen LogP contribution in [-0.2, 0) is 6.54 Å². The lowest BCUT2D eigenvalue weighted by Gasteiger charge is -2.47. The Balaban J connectivity index is 2.15. The van der Waals surface area contributed by atoms with E-state index in [9.17, 15) is 0 Å². The van der Waals surface area contributed by atoms with Crippen LogP contribution in [0.3, 0.4) is 0 Å². The number of hydrogen-bond donors (Lipinski definition) is 1. The summed E-state index contributed by atoms with van der Waals surface area (Å²) in [7, 11) is 0. The molecule has 0 saturated carbocycles. The molecule has 0 bridgehead atoms. The van der Waals surface area contributed by atoms with E-state index in [4.69, 9.17) is 0 Å². The number of piperazine rings is 1. The zero-order valence-corrected chi connectivity index (χ0v) is 16.4. The van der Waals surface area contributed by atoms with Crippen LogP contribution in [0.25, 0.3) is 0 Å². The Hall–Kier alpha value is 0.100. The monoisotopic (exact) mass is 372 g/mol. The molecule has 2 nitrogen and oxygen atoms in total. The standard InChI is InChI=1S/C17H29BrN2S/c1-6-12(2)14-9-19-16(17(3,4)5)11-20(14)10-15-13(18)7-8-21-15/h7-8,12,14,16,19H,6,9-11H2,1-5H3. The summed E-state index contributed by atoms with van der Waals surface area (Å²) in [6.07, 6.45) is 1.24. The van der Waals surface area contributed by atoms with Gasteiger partial charge in [0.15, 0.2) is 0 Å². The molecule has 1 saturated heterocycles. The highest BCUT2D eigenvalue weighted by Gasteiger charge is 2.36. The zero-order valence-electron chi connectivity index (χ0n) is 13.9. The molecule has 0 aliphatic carbocycles. The summed E-state index contributed by atoms with van der Waals surface area (Å²) < 4.78 is 1.27. The Morgan fingerprint density at radius 3 is 2.71 bits per heavy atom. The summed E-state index contributed by atoms with van der Waals surface area (Å²) in [6.45, 7) is 15.0. The highest BCUT2D eigenvalue weighted by Crippen LogP contribution is 2.30. The van der Waals surface area contributed by atoms with Crippen molar-refractivity contribution >= 4 is 27.3 Å². The minimum Gasteiger partial charge on any atom is -0.311 e. The van der Waals surface area contributed by atoms with Gasteiger partial charge in [0, 0.05) is 41.1 Å². The Kier molecular flexibility index (Phi) is 5.91. The zero-order chi connectivity index (χ0) is 15.6. The molecule has 1 aromatic heterocycles. The Morgan fingerprint density at radius 1 is 1.48 bits per heavy atom. The normalized spacial score (nSPS) is 26.0. The predicted octanol–water partition coefficient (Wildman–Crippen LogP) is 4.75. The van der Waals surface area contributed by atoms with Crippen molar-refractivity contribution in [2.75, 3.05) is 13.1 Å². The predicted molar refractivity (Wildman–Crippen MR) is 96.9 cm³/mol. The molecule has 0 aromatic carbocycles. The van der Waals surface area contributed by atoms with Gasteiger partial charge < -0.3 is 5.32 Å². The number of nitrogens with zero attached hydrogens (tertiary/aromatic N) is 1. The second-order valence-corrected chi connectivity index (χ2v) is 9.26. The second kappa shape index (κ2) is 7.12. The first-order chi connectivity index (χ1) is 9.82. The topological polar surface area (TPSA) is 15.3 Å². The number of nitrogens with one attached hydrogen (secondary N) is 1. The van der Waals surface area contributed by atoms with Gasteiger partial charge in [0.2, 0.25) is 0 Å². The molecule has 1 N–H and O–H groups in total. The quantitative estimate of drug-likeness (QED) is 0.820. The fourth-order valence-corrected chi connectivity index (χ4v) is 4.55. The maximum Gasteiger partial charge on any atom is 0.0343 e. The number of halogens is 1. The lowest BCUT2D eigenvalue weighted by Crippen LogP contribution is -2.61. The van der Waals surface area contributed by atoms with Crippen molar-refractivity contribution in [3.8, 4) is 0 Å². The molecule has 21 heavy (non-hydrogen) atoms. The van der Waals surface area contributed by atoms with E-state index in [-0.39, 0.29) is 0 Å². The minimum atomic E-state index is 0.311. The van der Waals surface area contributed by atoms with Crippen LogP contribution < -0.4 is 5.32 Å². The first-order valence-electron chi connectivity index (χ1n) is 8.02. The van der Waals surface area contributed by atoms with Crippen molar-refractivity contribution in [1.82, 2.24) is 10.2 Å². The van der Waals surface area contributed by atoms with Gasteiger partial charge in [0.1, 0.15) is 0 Å². The van der Waals surface area contributed by atoms with Crippen LogP contribution in [0.5, 0.6) is 0 Å². The number of hydrogen-bond acceptors (Lipinski definition) is 3.